The zero-order valence-corrected chi connectivity index (χ0v) is 11.0. The predicted molar refractivity (Wildman–Crippen MR) is 71.8 cm³/mol. The van der Waals surface area contributed by atoms with Gasteiger partial charge in [0.2, 0.25) is 0 Å². The fourth-order valence-electron chi connectivity index (χ4n) is 1.91. The molecule has 90 valence electrons. The lowest BCUT2D eigenvalue weighted by Crippen LogP contribution is -2.31. The molecule has 2 unspecified atom stereocenters. The van der Waals surface area contributed by atoms with Crippen LogP contribution in [0.25, 0.3) is 0 Å². The Bertz CT molecular complexity index is 279. The second-order valence-electron chi connectivity index (χ2n) is 4.98. The van der Waals surface area contributed by atoms with Crippen molar-refractivity contribution in [2.45, 2.75) is 46.1 Å². The Labute approximate surface area is 100 Å². The van der Waals surface area contributed by atoms with Gasteiger partial charge in [-0.2, -0.15) is 0 Å². The van der Waals surface area contributed by atoms with Crippen molar-refractivity contribution in [1.82, 2.24) is 5.32 Å². The molecule has 1 N–H and O–H groups in total. The average Bonchev–Trinajstić information content (AvgIpc) is 2.30. The minimum absolute atomic E-state index is 0.616. The van der Waals surface area contributed by atoms with Crippen LogP contribution in [0.2, 0.25) is 0 Å². The minimum atomic E-state index is 0.616. The zero-order chi connectivity index (χ0) is 12.0. The van der Waals surface area contributed by atoms with Gasteiger partial charge in [-0.25, -0.2) is 0 Å². The molecule has 0 bridgehead atoms. The van der Waals surface area contributed by atoms with Gasteiger partial charge in [-0.3, -0.25) is 0 Å². The highest BCUT2D eigenvalue weighted by molar-refractivity contribution is 5.20. The van der Waals surface area contributed by atoms with E-state index >= 15 is 0 Å². The van der Waals surface area contributed by atoms with E-state index in [0.717, 1.165) is 6.54 Å². The van der Waals surface area contributed by atoms with E-state index in [1.165, 1.54) is 12.0 Å². The van der Waals surface area contributed by atoms with Crippen LogP contribution in [0.5, 0.6) is 0 Å². The maximum absolute atomic E-state index is 3.61. The van der Waals surface area contributed by atoms with Crippen LogP contribution in [0.15, 0.2) is 30.3 Å². The van der Waals surface area contributed by atoms with Gasteiger partial charge in [-0.05, 0) is 30.7 Å². The summed E-state index contributed by atoms with van der Waals surface area (Å²) in [5.74, 6) is 1.30. The van der Waals surface area contributed by atoms with Crippen LogP contribution < -0.4 is 5.32 Å². The van der Waals surface area contributed by atoms with Crippen molar-refractivity contribution in [3.63, 3.8) is 0 Å². The summed E-state index contributed by atoms with van der Waals surface area (Å²) in [6.45, 7) is 10.2. The van der Waals surface area contributed by atoms with E-state index < -0.39 is 0 Å². The first kappa shape index (κ1) is 13.2. The molecule has 1 nitrogen and oxygen atoms in total. The number of nitrogens with one attached hydrogen (secondary N) is 1. The third-order valence-corrected chi connectivity index (χ3v) is 3.33. The molecule has 0 aromatic heterocycles. The van der Waals surface area contributed by atoms with Gasteiger partial charge in [0.25, 0.3) is 0 Å². The van der Waals surface area contributed by atoms with E-state index in [2.05, 4.69) is 63.3 Å². The van der Waals surface area contributed by atoms with Gasteiger partial charge >= 0.3 is 0 Å². The summed E-state index contributed by atoms with van der Waals surface area (Å²) in [6, 6.07) is 11.4. The number of hydrogen-bond acceptors (Lipinski definition) is 1. The molecule has 0 radical (unpaired) electrons. The lowest BCUT2D eigenvalue weighted by molar-refractivity contribution is 0.427. The molecule has 1 heteroatoms. The molecule has 16 heavy (non-hydrogen) atoms. The van der Waals surface area contributed by atoms with Crippen molar-refractivity contribution in [2.75, 3.05) is 6.54 Å². The van der Waals surface area contributed by atoms with Crippen LogP contribution in [-0.4, -0.2) is 12.6 Å². The first-order valence-electron chi connectivity index (χ1n) is 6.43. The third-order valence-electron chi connectivity index (χ3n) is 3.33. The van der Waals surface area contributed by atoms with Crippen LogP contribution in [0.3, 0.4) is 0 Å². The Morgan fingerprint density at radius 2 is 1.69 bits per heavy atom. The van der Waals surface area contributed by atoms with Crippen molar-refractivity contribution < 1.29 is 0 Å². The monoisotopic (exact) mass is 219 g/mol. The number of rotatable bonds is 6. The molecule has 0 saturated carbocycles. The van der Waals surface area contributed by atoms with Gasteiger partial charge in [0.05, 0.1) is 0 Å². The van der Waals surface area contributed by atoms with Gasteiger partial charge in [0.1, 0.15) is 0 Å². The van der Waals surface area contributed by atoms with E-state index in [0.29, 0.717) is 17.9 Å². The largest absolute Gasteiger partial charge is 0.314 e. The summed E-state index contributed by atoms with van der Waals surface area (Å²) in [5.41, 5.74) is 1.45. The maximum atomic E-state index is 3.61. The summed E-state index contributed by atoms with van der Waals surface area (Å²) in [4.78, 5) is 0. The van der Waals surface area contributed by atoms with E-state index in [1.54, 1.807) is 0 Å². The molecule has 0 aliphatic rings. The molecule has 0 spiro atoms. The van der Waals surface area contributed by atoms with Crippen molar-refractivity contribution in [3.05, 3.63) is 35.9 Å². The Balaban J connectivity index is 2.62. The summed E-state index contributed by atoms with van der Waals surface area (Å²) in [6.07, 6.45) is 1.19. The first-order chi connectivity index (χ1) is 7.65. The standard InChI is InChI=1S/C15H25N/c1-5-13(4)16-11-15(12(2)3)14-9-7-6-8-10-14/h6-10,12-13,15-16H,5,11H2,1-4H3. The van der Waals surface area contributed by atoms with Gasteiger partial charge in [-0.15, -0.1) is 0 Å². The van der Waals surface area contributed by atoms with Crippen molar-refractivity contribution in [3.8, 4) is 0 Å². The van der Waals surface area contributed by atoms with E-state index in [4.69, 9.17) is 0 Å². The number of benzene rings is 1. The average molecular weight is 219 g/mol. The molecule has 0 amide bonds. The lowest BCUT2D eigenvalue weighted by atomic mass is 9.88. The summed E-state index contributed by atoms with van der Waals surface area (Å²) >= 11 is 0. The normalized spacial score (nSPS) is 15.1. The second-order valence-corrected chi connectivity index (χ2v) is 4.98. The molecule has 0 fully saturated rings. The second kappa shape index (κ2) is 6.70. The van der Waals surface area contributed by atoms with Gasteiger partial charge in [0, 0.05) is 12.6 Å². The highest BCUT2D eigenvalue weighted by atomic mass is 14.9. The van der Waals surface area contributed by atoms with Gasteiger partial charge in [-0.1, -0.05) is 51.1 Å². The quantitative estimate of drug-likeness (QED) is 0.767. The Morgan fingerprint density at radius 1 is 1.06 bits per heavy atom. The minimum Gasteiger partial charge on any atom is -0.314 e. The van der Waals surface area contributed by atoms with Crippen molar-refractivity contribution in [1.29, 1.82) is 0 Å². The number of hydrogen-bond donors (Lipinski definition) is 1. The summed E-state index contributed by atoms with van der Waals surface area (Å²) < 4.78 is 0. The Hall–Kier alpha value is -0.820. The Kier molecular flexibility index (Phi) is 5.54. The highest BCUT2D eigenvalue weighted by Gasteiger charge is 2.15. The highest BCUT2D eigenvalue weighted by Crippen LogP contribution is 2.23. The van der Waals surface area contributed by atoms with Gasteiger partial charge in [0.15, 0.2) is 0 Å². The van der Waals surface area contributed by atoms with Crippen LogP contribution in [0, 0.1) is 5.92 Å². The molecule has 0 aliphatic carbocycles. The third kappa shape index (κ3) is 3.97. The van der Waals surface area contributed by atoms with Gasteiger partial charge < -0.3 is 5.32 Å². The molecule has 0 saturated heterocycles. The molecule has 1 rings (SSSR count). The topological polar surface area (TPSA) is 12.0 Å². The van der Waals surface area contributed by atoms with E-state index in [9.17, 15) is 0 Å². The molecular weight excluding hydrogens is 194 g/mol. The predicted octanol–water partition coefficient (Wildman–Crippen LogP) is 3.81. The SMILES string of the molecule is CCC(C)NCC(c1ccccc1)C(C)C. The fourth-order valence-corrected chi connectivity index (χ4v) is 1.91. The van der Waals surface area contributed by atoms with E-state index in [-0.39, 0.29) is 0 Å². The molecular formula is C15H25N. The van der Waals surface area contributed by atoms with Crippen LogP contribution >= 0.6 is 0 Å². The van der Waals surface area contributed by atoms with Crippen LogP contribution in [0.4, 0.5) is 0 Å². The molecule has 2 atom stereocenters. The molecule has 0 aliphatic heterocycles. The lowest BCUT2D eigenvalue weighted by Gasteiger charge is -2.24. The fraction of sp³-hybridized carbons (Fsp3) is 0.600. The van der Waals surface area contributed by atoms with Crippen LogP contribution in [-0.2, 0) is 0 Å². The molecule has 1 aromatic rings. The maximum Gasteiger partial charge on any atom is 0.00363 e. The summed E-state index contributed by atoms with van der Waals surface area (Å²) in [7, 11) is 0. The van der Waals surface area contributed by atoms with Crippen molar-refractivity contribution >= 4 is 0 Å². The Morgan fingerprint density at radius 3 is 2.19 bits per heavy atom. The zero-order valence-electron chi connectivity index (χ0n) is 11.0. The first-order valence-corrected chi connectivity index (χ1v) is 6.43. The molecule has 0 heterocycles. The smallest absolute Gasteiger partial charge is 0.00363 e. The van der Waals surface area contributed by atoms with E-state index in [1.807, 2.05) is 0 Å². The molecule has 1 aromatic carbocycles. The summed E-state index contributed by atoms with van der Waals surface area (Å²) in [5, 5.41) is 3.61. The van der Waals surface area contributed by atoms with Crippen LogP contribution in [0.1, 0.15) is 45.6 Å². The van der Waals surface area contributed by atoms with Crippen molar-refractivity contribution in [2.24, 2.45) is 5.92 Å².